The van der Waals surface area contributed by atoms with Gasteiger partial charge in [0, 0.05) is 17.2 Å². The molecule has 29 heavy (non-hydrogen) atoms. The molecule has 9 heteroatoms. The summed E-state index contributed by atoms with van der Waals surface area (Å²) in [6.45, 7) is 0. The number of thioether (sulfide) groups is 1. The van der Waals surface area contributed by atoms with Crippen molar-refractivity contribution in [1.82, 2.24) is 0 Å². The van der Waals surface area contributed by atoms with E-state index >= 15 is 0 Å². The lowest BCUT2D eigenvalue weighted by Crippen LogP contribution is -2.27. The molecule has 0 atom stereocenters. The highest BCUT2D eigenvalue weighted by molar-refractivity contribution is 8.27. The third-order valence-corrected chi connectivity index (χ3v) is 5.66. The largest absolute Gasteiger partial charge is 0.456 e. The highest BCUT2D eigenvalue weighted by atomic mass is 35.5. The first-order valence-corrected chi connectivity index (χ1v) is 9.91. The zero-order valence-corrected chi connectivity index (χ0v) is 17.0. The Labute approximate surface area is 179 Å². The second-order valence-corrected chi connectivity index (χ2v) is 8.09. The summed E-state index contributed by atoms with van der Waals surface area (Å²) in [5, 5.41) is 11.7. The Balaban J connectivity index is 1.64. The number of carbonyl (C=O) groups is 1. The fraction of sp³-hybridized carbons (Fsp3) is 0. The Bertz CT molecular complexity index is 1190. The maximum absolute atomic E-state index is 12.8. The predicted molar refractivity (Wildman–Crippen MR) is 118 cm³/mol. The summed E-state index contributed by atoms with van der Waals surface area (Å²) >= 11 is 12.5. The number of halogens is 1. The van der Waals surface area contributed by atoms with Crippen LogP contribution in [0.5, 0.6) is 0 Å². The van der Waals surface area contributed by atoms with Gasteiger partial charge in [0.25, 0.3) is 11.6 Å². The van der Waals surface area contributed by atoms with Gasteiger partial charge in [0.2, 0.25) is 0 Å². The third-order valence-electron chi connectivity index (χ3n) is 4.13. The molecule has 1 amide bonds. The van der Waals surface area contributed by atoms with Crippen LogP contribution >= 0.6 is 35.6 Å². The molecule has 3 aromatic rings. The van der Waals surface area contributed by atoms with Crippen LogP contribution in [0.15, 0.2) is 70.0 Å². The SMILES string of the molecule is O=C1/C(=C\c2ccc(-c3ccccc3[N+](=O)[O-])o2)SC(=S)N1c1cccc(Cl)c1. The Kier molecular flexibility index (Phi) is 5.23. The number of thiocarbonyl (C=S) groups is 1. The molecule has 1 aliphatic heterocycles. The summed E-state index contributed by atoms with van der Waals surface area (Å²) in [6, 6.07) is 16.5. The molecular formula is C20H11ClN2O4S2. The number of nitro benzene ring substituents is 1. The van der Waals surface area contributed by atoms with E-state index in [1.807, 2.05) is 0 Å². The number of hydrogen-bond donors (Lipinski definition) is 0. The number of rotatable bonds is 4. The van der Waals surface area contributed by atoms with E-state index in [1.54, 1.807) is 60.7 Å². The molecule has 0 bridgehead atoms. The van der Waals surface area contributed by atoms with Crippen LogP contribution in [0.2, 0.25) is 5.02 Å². The summed E-state index contributed by atoms with van der Waals surface area (Å²) in [6.07, 6.45) is 1.57. The van der Waals surface area contributed by atoms with Crippen LogP contribution in [-0.2, 0) is 4.79 Å². The fourth-order valence-electron chi connectivity index (χ4n) is 2.85. The van der Waals surface area contributed by atoms with Gasteiger partial charge in [-0.1, -0.05) is 53.8 Å². The zero-order chi connectivity index (χ0) is 20.5. The van der Waals surface area contributed by atoms with Gasteiger partial charge in [0.1, 0.15) is 11.5 Å². The topological polar surface area (TPSA) is 76.6 Å². The lowest BCUT2D eigenvalue weighted by atomic mass is 10.1. The van der Waals surface area contributed by atoms with Gasteiger partial charge in [-0.25, -0.2) is 0 Å². The monoisotopic (exact) mass is 442 g/mol. The first-order valence-electron chi connectivity index (χ1n) is 8.31. The molecule has 4 rings (SSSR count). The average molecular weight is 443 g/mol. The highest BCUT2D eigenvalue weighted by Crippen LogP contribution is 2.38. The van der Waals surface area contributed by atoms with Gasteiger partial charge in [0.05, 0.1) is 21.1 Å². The van der Waals surface area contributed by atoms with E-state index in [9.17, 15) is 14.9 Å². The number of amides is 1. The lowest BCUT2D eigenvalue weighted by Gasteiger charge is -2.14. The van der Waals surface area contributed by atoms with Crippen LogP contribution in [0.25, 0.3) is 17.4 Å². The second-order valence-electron chi connectivity index (χ2n) is 5.97. The number of nitro groups is 1. The molecule has 6 nitrogen and oxygen atoms in total. The first kappa shape index (κ1) is 19.4. The number of benzene rings is 2. The van der Waals surface area contributed by atoms with Crippen LogP contribution < -0.4 is 4.90 Å². The fourth-order valence-corrected chi connectivity index (χ4v) is 4.31. The van der Waals surface area contributed by atoms with Gasteiger partial charge in [-0.2, -0.15) is 0 Å². The average Bonchev–Trinajstić information content (AvgIpc) is 3.26. The van der Waals surface area contributed by atoms with Crippen molar-refractivity contribution in [3.05, 3.63) is 86.5 Å². The van der Waals surface area contributed by atoms with E-state index in [4.69, 9.17) is 28.2 Å². The molecule has 0 aliphatic carbocycles. The number of furan rings is 1. The van der Waals surface area contributed by atoms with Crippen molar-refractivity contribution < 1.29 is 14.1 Å². The minimum absolute atomic E-state index is 0.0549. The molecule has 0 radical (unpaired) electrons. The van der Waals surface area contributed by atoms with Crippen LogP contribution in [0.3, 0.4) is 0 Å². The molecule has 0 N–H and O–H groups in total. The number of nitrogens with zero attached hydrogens (tertiary/aromatic N) is 2. The lowest BCUT2D eigenvalue weighted by molar-refractivity contribution is -0.384. The molecule has 1 aliphatic rings. The number of carbonyl (C=O) groups excluding carboxylic acids is 1. The summed E-state index contributed by atoms with van der Waals surface area (Å²) in [5.41, 5.74) is 0.896. The van der Waals surface area contributed by atoms with Gasteiger partial charge in [-0.05, 0) is 36.4 Å². The van der Waals surface area contributed by atoms with Crippen LogP contribution in [0.4, 0.5) is 11.4 Å². The Morgan fingerprint density at radius 3 is 2.69 bits per heavy atom. The van der Waals surface area contributed by atoms with Crippen LogP contribution in [0, 0.1) is 10.1 Å². The second kappa shape index (κ2) is 7.82. The van der Waals surface area contributed by atoms with Crippen molar-refractivity contribution in [1.29, 1.82) is 0 Å². The summed E-state index contributed by atoms with van der Waals surface area (Å²) in [4.78, 5) is 25.4. The maximum Gasteiger partial charge on any atom is 0.280 e. The Hall–Kier alpha value is -2.94. The van der Waals surface area contributed by atoms with Gasteiger partial charge in [-0.3, -0.25) is 19.8 Å². The molecule has 1 saturated heterocycles. The van der Waals surface area contributed by atoms with E-state index in [0.29, 0.717) is 37.0 Å². The van der Waals surface area contributed by atoms with E-state index in [1.165, 1.54) is 11.0 Å². The summed E-state index contributed by atoms with van der Waals surface area (Å²) in [5.74, 6) is 0.449. The van der Waals surface area contributed by atoms with Crippen LogP contribution in [0.1, 0.15) is 5.76 Å². The molecule has 0 spiro atoms. The standard InChI is InChI=1S/C20H11ClN2O4S2/c21-12-4-3-5-13(10-12)22-19(24)18(29-20(22)28)11-14-8-9-17(27-14)15-6-1-2-7-16(15)23(25)26/h1-11H/b18-11+. The van der Waals surface area contributed by atoms with Gasteiger partial charge in [0.15, 0.2) is 4.32 Å². The van der Waals surface area contributed by atoms with Crippen molar-refractivity contribution >= 4 is 63.3 Å². The molecule has 0 unspecified atom stereocenters. The van der Waals surface area contributed by atoms with Crippen LogP contribution in [-0.4, -0.2) is 15.2 Å². The molecule has 1 aromatic heterocycles. The van der Waals surface area contributed by atoms with E-state index in [0.717, 1.165) is 11.8 Å². The van der Waals surface area contributed by atoms with E-state index in [-0.39, 0.29) is 11.6 Å². The maximum atomic E-state index is 12.8. The quantitative estimate of drug-likeness (QED) is 0.216. The minimum Gasteiger partial charge on any atom is -0.456 e. The van der Waals surface area contributed by atoms with Gasteiger partial charge in [-0.15, -0.1) is 0 Å². The Morgan fingerprint density at radius 2 is 1.93 bits per heavy atom. The smallest absolute Gasteiger partial charge is 0.280 e. The predicted octanol–water partition coefficient (Wildman–Crippen LogP) is 5.91. The zero-order valence-electron chi connectivity index (χ0n) is 14.6. The van der Waals surface area contributed by atoms with Gasteiger partial charge >= 0.3 is 0 Å². The molecule has 2 aromatic carbocycles. The highest BCUT2D eigenvalue weighted by Gasteiger charge is 2.33. The normalized spacial score (nSPS) is 15.3. The molecule has 0 saturated carbocycles. The van der Waals surface area contributed by atoms with Crippen molar-refractivity contribution in [3.63, 3.8) is 0 Å². The molecule has 144 valence electrons. The Morgan fingerprint density at radius 1 is 1.14 bits per heavy atom. The number of para-hydroxylation sites is 1. The van der Waals surface area contributed by atoms with Crippen molar-refractivity contribution in [2.45, 2.75) is 0 Å². The van der Waals surface area contributed by atoms with Crippen molar-refractivity contribution in [2.24, 2.45) is 0 Å². The van der Waals surface area contributed by atoms with Crippen molar-refractivity contribution in [2.75, 3.05) is 4.90 Å². The molecular weight excluding hydrogens is 432 g/mol. The summed E-state index contributed by atoms with van der Waals surface area (Å²) < 4.78 is 6.12. The number of anilines is 1. The molecule has 2 heterocycles. The minimum atomic E-state index is -0.465. The first-order chi connectivity index (χ1) is 13.9. The molecule has 1 fully saturated rings. The van der Waals surface area contributed by atoms with Gasteiger partial charge < -0.3 is 4.42 Å². The van der Waals surface area contributed by atoms with E-state index in [2.05, 4.69) is 0 Å². The summed E-state index contributed by atoms with van der Waals surface area (Å²) in [7, 11) is 0. The third kappa shape index (κ3) is 3.82. The number of hydrogen-bond acceptors (Lipinski definition) is 6. The van der Waals surface area contributed by atoms with E-state index < -0.39 is 4.92 Å². The van der Waals surface area contributed by atoms with Crippen molar-refractivity contribution in [3.8, 4) is 11.3 Å².